The fourth-order valence-electron chi connectivity index (χ4n) is 5.28. The molecule has 10 heteroatoms. The number of carboxylic acids is 1. The number of carbonyl (C=O) groups is 1. The number of aromatic nitrogens is 2. The van der Waals surface area contributed by atoms with Crippen LogP contribution in [0.1, 0.15) is 51.6 Å². The zero-order valence-corrected chi connectivity index (χ0v) is 19.6. The molecule has 0 radical (unpaired) electrons. The first-order chi connectivity index (χ1) is 16.3. The molecule has 0 aliphatic heterocycles. The Morgan fingerprint density at radius 2 is 1.91 bits per heavy atom. The summed E-state index contributed by atoms with van der Waals surface area (Å²) in [5.41, 5.74) is 1.54. The number of hydrogen-bond acceptors (Lipinski definition) is 4. The fraction of sp³-hybridized carbons (Fsp3) is 0.440. The van der Waals surface area contributed by atoms with Gasteiger partial charge in [0.1, 0.15) is 11.6 Å². The van der Waals surface area contributed by atoms with Gasteiger partial charge in [-0.1, -0.05) is 20.8 Å². The average molecular weight is 494 g/mol. The van der Waals surface area contributed by atoms with Crippen molar-refractivity contribution in [3.05, 3.63) is 47.8 Å². The fourth-order valence-corrected chi connectivity index (χ4v) is 5.28. The molecular weight excluding hydrogens is 466 g/mol. The predicted molar refractivity (Wildman–Crippen MR) is 123 cm³/mol. The van der Waals surface area contributed by atoms with E-state index in [1.807, 2.05) is 4.57 Å². The monoisotopic (exact) mass is 493 g/mol. The van der Waals surface area contributed by atoms with Gasteiger partial charge >= 0.3 is 12.3 Å². The summed E-state index contributed by atoms with van der Waals surface area (Å²) in [6.07, 6.45) is -2.53. The lowest BCUT2D eigenvalue weighted by molar-refractivity contribution is -0.274. The number of fused-ring (bicyclic) bond motifs is 1. The van der Waals surface area contributed by atoms with Crippen LogP contribution in [0.5, 0.6) is 5.75 Å². The molecule has 0 amide bonds. The molecule has 0 saturated heterocycles. The second-order valence-corrected chi connectivity index (χ2v) is 10.1. The zero-order valence-electron chi connectivity index (χ0n) is 19.6. The van der Waals surface area contributed by atoms with Crippen molar-refractivity contribution in [2.24, 2.45) is 11.3 Å². The van der Waals surface area contributed by atoms with Gasteiger partial charge in [-0.05, 0) is 60.9 Å². The van der Waals surface area contributed by atoms with Gasteiger partial charge in [0.2, 0.25) is 5.95 Å². The predicted octanol–water partition coefficient (Wildman–Crippen LogP) is 6.83. The summed E-state index contributed by atoms with van der Waals surface area (Å²) in [7, 11) is 0. The smallest absolute Gasteiger partial charge is 0.481 e. The van der Waals surface area contributed by atoms with Gasteiger partial charge in [0.05, 0.1) is 17.5 Å². The number of aliphatic carboxylic acids is 1. The van der Waals surface area contributed by atoms with E-state index in [0.29, 0.717) is 28.6 Å². The number of alkyl halides is 3. The summed E-state index contributed by atoms with van der Waals surface area (Å²) < 4.78 is 58.2. The molecule has 1 aliphatic carbocycles. The van der Waals surface area contributed by atoms with Crippen molar-refractivity contribution in [3.63, 3.8) is 0 Å². The SMILES string of the molecule is C[C@@H]1C[C@H](n2c(Nc3ccc(OC(F)(F)F)cc3)nc3cc(CC(=O)O)c(F)cc32)CC(C)(C)C1. The number of nitrogens with zero attached hydrogens (tertiary/aromatic N) is 2. The molecule has 1 heterocycles. The van der Waals surface area contributed by atoms with E-state index >= 15 is 0 Å². The van der Waals surface area contributed by atoms with Crippen LogP contribution in [0.2, 0.25) is 0 Å². The van der Waals surface area contributed by atoms with Crippen molar-refractivity contribution in [1.82, 2.24) is 9.55 Å². The Balaban J connectivity index is 1.76. The number of carboxylic acid groups (broad SMARTS) is 1. The Bertz CT molecular complexity index is 1240. The molecule has 2 aromatic carbocycles. The van der Waals surface area contributed by atoms with Crippen molar-refractivity contribution in [1.29, 1.82) is 0 Å². The van der Waals surface area contributed by atoms with Gasteiger partial charge in [0, 0.05) is 23.4 Å². The summed E-state index contributed by atoms with van der Waals surface area (Å²) in [4.78, 5) is 15.8. The molecule has 1 aromatic heterocycles. The third-order valence-electron chi connectivity index (χ3n) is 6.27. The molecule has 4 rings (SSSR count). The first-order valence-corrected chi connectivity index (χ1v) is 11.3. The van der Waals surface area contributed by atoms with Crippen LogP contribution in [-0.4, -0.2) is 27.0 Å². The van der Waals surface area contributed by atoms with Gasteiger partial charge in [-0.15, -0.1) is 13.2 Å². The van der Waals surface area contributed by atoms with Crippen molar-refractivity contribution in [2.45, 2.75) is 58.9 Å². The maximum absolute atomic E-state index is 14.8. The van der Waals surface area contributed by atoms with Crippen LogP contribution in [0.25, 0.3) is 11.0 Å². The molecule has 0 bridgehead atoms. The Labute approximate surface area is 199 Å². The van der Waals surface area contributed by atoms with E-state index < -0.39 is 24.6 Å². The summed E-state index contributed by atoms with van der Waals surface area (Å²) in [5, 5.41) is 12.3. The van der Waals surface area contributed by atoms with E-state index in [1.165, 1.54) is 36.4 Å². The van der Waals surface area contributed by atoms with Crippen molar-refractivity contribution < 1.29 is 32.2 Å². The molecule has 1 saturated carbocycles. The minimum Gasteiger partial charge on any atom is -0.481 e. The molecule has 6 nitrogen and oxygen atoms in total. The number of imidazole rings is 1. The third kappa shape index (κ3) is 5.86. The maximum Gasteiger partial charge on any atom is 0.573 e. The van der Waals surface area contributed by atoms with Gasteiger partial charge in [-0.25, -0.2) is 9.37 Å². The molecule has 2 N–H and O–H groups in total. The normalized spacial score (nSPS) is 20.1. The highest BCUT2D eigenvalue weighted by molar-refractivity contribution is 5.82. The van der Waals surface area contributed by atoms with Gasteiger partial charge in [-0.2, -0.15) is 0 Å². The maximum atomic E-state index is 14.8. The van der Waals surface area contributed by atoms with Crippen LogP contribution in [0.4, 0.5) is 29.2 Å². The summed E-state index contributed by atoms with van der Waals surface area (Å²) in [6.45, 7) is 6.55. The molecule has 2 atom stereocenters. The largest absolute Gasteiger partial charge is 0.573 e. The topological polar surface area (TPSA) is 76.4 Å². The molecule has 35 heavy (non-hydrogen) atoms. The Kier molecular flexibility index (Phi) is 6.42. The van der Waals surface area contributed by atoms with Crippen LogP contribution >= 0.6 is 0 Å². The Hall–Kier alpha value is -3.30. The molecular formula is C25H27F4N3O3. The van der Waals surface area contributed by atoms with Crippen LogP contribution < -0.4 is 10.1 Å². The van der Waals surface area contributed by atoms with Crippen molar-refractivity contribution >= 4 is 28.6 Å². The number of halogens is 4. The average Bonchev–Trinajstić information content (AvgIpc) is 3.03. The Morgan fingerprint density at radius 3 is 2.51 bits per heavy atom. The van der Waals surface area contributed by atoms with Gasteiger partial charge in [0.15, 0.2) is 0 Å². The van der Waals surface area contributed by atoms with Crippen molar-refractivity contribution in [2.75, 3.05) is 5.32 Å². The van der Waals surface area contributed by atoms with Crippen LogP contribution in [0.3, 0.4) is 0 Å². The van der Waals surface area contributed by atoms with Gasteiger partial charge in [-0.3, -0.25) is 4.79 Å². The molecule has 3 aromatic rings. The zero-order chi connectivity index (χ0) is 25.5. The standard InChI is InChI=1S/C25H27F4N3O3/c1-14-8-17(13-24(2,3)12-14)32-21-11-19(26)15(10-22(33)34)9-20(21)31-23(32)30-16-4-6-18(7-5-16)35-25(27,28)29/h4-7,9,11,14,17H,8,10,12-13H2,1-3H3,(H,30,31)(H,33,34)/t14-,17+/m1/s1. The molecule has 0 spiro atoms. The molecule has 188 valence electrons. The summed E-state index contributed by atoms with van der Waals surface area (Å²) in [5.74, 6) is -1.29. The van der Waals surface area contributed by atoms with Crippen molar-refractivity contribution in [3.8, 4) is 5.75 Å². The molecule has 1 aliphatic rings. The van der Waals surface area contributed by atoms with Gasteiger partial charge < -0.3 is 19.7 Å². The number of nitrogens with one attached hydrogen (secondary N) is 1. The van der Waals surface area contributed by atoms with E-state index in [0.717, 1.165) is 19.3 Å². The number of ether oxygens (including phenoxy) is 1. The second-order valence-electron chi connectivity index (χ2n) is 10.1. The minimum absolute atomic E-state index is 0.00110. The minimum atomic E-state index is -4.79. The van der Waals surface area contributed by atoms with E-state index in [4.69, 9.17) is 5.11 Å². The van der Waals surface area contributed by atoms with E-state index in [2.05, 4.69) is 35.8 Å². The molecule has 1 fully saturated rings. The first kappa shape index (κ1) is 24.8. The highest BCUT2D eigenvalue weighted by Crippen LogP contribution is 2.46. The van der Waals surface area contributed by atoms with Gasteiger partial charge in [0.25, 0.3) is 0 Å². The number of rotatable bonds is 6. The highest BCUT2D eigenvalue weighted by Gasteiger charge is 2.35. The van der Waals surface area contributed by atoms with E-state index in [9.17, 15) is 22.4 Å². The van der Waals surface area contributed by atoms with E-state index in [-0.39, 0.29) is 22.8 Å². The number of benzene rings is 2. The molecule has 0 unspecified atom stereocenters. The number of anilines is 2. The third-order valence-corrected chi connectivity index (χ3v) is 6.27. The van der Waals surface area contributed by atoms with Crippen LogP contribution in [-0.2, 0) is 11.2 Å². The van der Waals surface area contributed by atoms with Crippen LogP contribution in [0.15, 0.2) is 36.4 Å². The first-order valence-electron chi connectivity index (χ1n) is 11.3. The van der Waals surface area contributed by atoms with E-state index in [1.54, 1.807) is 0 Å². The van der Waals surface area contributed by atoms with Crippen LogP contribution in [0, 0.1) is 17.2 Å². The second kappa shape index (κ2) is 9.05. The quantitative estimate of drug-likeness (QED) is 0.368. The number of hydrogen-bond donors (Lipinski definition) is 2. The highest BCUT2D eigenvalue weighted by atomic mass is 19.4. The Morgan fingerprint density at radius 1 is 1.23 bits per heavy atom. The summed E-state index contributed by atoms with van der Waals surface area (Å²) in [6, 6.07) is 8.02. The lowest BCUT2D eigenvalue weighted by Crippen LogP contribution is -2.29. The lowest BCUT2D eigenvalue weighted by atomic mass is 9.70. The summed E-state index contributed by atoms with van der Waals surface area (Å²) >= 11 is 0. The lowest BCUT2D eigenvalue weighted by Gasteiger charge is -2.40.